The van der Waals surface area contributed by atoms with Crippen molar-refractivity contribution in [1.82, 2.24) is 0 Å². The second-order valence-corrected chi connectivity index (χ2v) is 11.9. The first kappa shape index (κ1) is 32.2. The van der Waals surface area contributed by atoms with Crippen LogP contribution in [0.15, 0.2) is 34.3 Å². The van der Waals surface area contributed by atoms with E-state index in [1.807, 2.05) is 38.1 Å². The van der Waals surface area contributed by atoms with E-state index in [1.54, 1.807) is 12.4 Å². The van der Waals surface area contributed by atoms with Crippen LogP contribution in [0.4, 0.5) is 0 Å². The number of hydrogen-bond donors (Lipinski definition) is 0. The van der Waals surface area contributed by atoms with Crippen LogP contribution in [-0.4, -0.2) is 24.5 Å². The van der Waals surface area contributed by atoms with Gasteiger partial charge in [0.15, 0.2) is 0 Å². The van der Waals surface area contributed by atoms with E-state index >= 15 is 0 Å². The Balaban J connectivity index is 0.00000324. The van der Waals surface area contributed by atoms with Crippen molar-refractivity contribution in [2.75, 3.05) is 0 Å². The number of halogens is 1. The number of hydrogen-bond acceptors (Lipinski definition) is 4. The first-order chi connectivity index (χ1) is 15.8. The summed E-state index contributed by atoms with van der Waals surface area (Å²) < 4.78 is 0. The van der Waals surface area contributed by atoms with Crippen molar-refractivity contribution in [2.24, 2.45) is 9.98 Å². The summed E-state index contributed by atoms with van der Waals surface area (Å²) in [6.07, 6.45) is 7.60. The van der Waals surface area contributed by atoms with Gasteiger partial charge in [0.2, 0.25) is 0 Å². The Labute approximate surface area is 234 Å². The van der Waals surface area contributed by atoms with Crippen LogP contribution < -0.4 is 22.6 Å². The first-order valence-corrected chi connectivity index (χ1v) is 12.5. The third kappa shape index (κ3) is 7.84. The summed E-state index contributed by atoms with van der Waals surface area (Å²) in [5.41, 5.74) is 5.02. The topological polar surface area (TPSA) is 70.8 Å². The van der Waals surface area contributed by atoms with E-state index in [2.05, 4.69) is 41.5 Å². The molecule has 0 aromatic heterocycles. The minimum absolute atomic E-state index is 0. The molecule has 1 aliphatic rings. The molecule has 0 N–H and O–H groups in total. The summed E-state index contributed by atoms with van der Waals surface area (Å²) in [5, 5.41) is 25.5. The Kier molecular flexibility index (Phi) is 11.3. The average Bonchev–Trinajstić information content (AvgIpc) is 2.74. The summed E-state index contributed by atoms with van der Waals surface area (Å²) in [7, 11) is 0. The Morgan fingerprint density at radius 3 is 1.33 bits per heavy atom. The zero-order valence-corrected chi connectivity index (χ0v) is 24.7. The summed E-state index contributed by atoms with van der Waals surface area (Å²) in [4.78, 5) is 9.70. The van der Waals surface area contributed by atoms with Crippen LogP contribution in [0.3, 0.4) is 0 Å². The maximum atomic E-state index is 12.7. The number of nitrogens with zero attached hydrogens (tertiary/aromatic N) is 2. The SMILES string of the molecule is Cc1cc(C(C)(C)C)cc(C=N[C@H]2CCCC[C@@H]2N=Cc2cc(C(C)(C)C)cc(C)c2[O-])c1[O-].[Cl-].[Co+3]. The molecule has 0 spiro atoms. The molecule has 4 nitrogen and oxygen atoms in total. The van der Waals surface area contributed by atoms with Crippen molar-refractivity contribution < 1.29 is 39.4 Å². The molecule has 1 aliphatic carbocycles. The second kappa shape index (κ2) is 12.6. The van der Waals surface area contributed by atoms with Gasteiger partial charge in [-0.15, -0.1) is 0 Å². The Bertz CT molecular complexity index is 1010. The van der Waals surface area contributed by atoms with Crippen LogP contribution in [-0.2, 0) is 27.6 Å². The zero-order valence-electron chi connectivity index (χ0n) is 22.9. The third-order valence-corrected chi connectivity index (χ3v) is 6.84. The van der Waals surface area contributed by atoms with Crippen molar-refractivity contribution >= 4 is 12.4 Å². The number of benzene rings is 2. The minimum atomic E-state index is -0.0333. The van der Waals surface area contributed by atoms with Gasteiger partial charge in [-0.05, 0) is 59.8 Å². The molecule has 198 valence electrons. The van der Waals surface area contributed by atoms with Gasteiger partial charge in [0.25, 0.3) is 0 Å². The molecule has 0 radical (unpaired) electrons. The van der Waals surface area contributed by atoms with E-state index in [9.17, 15) is 10.2 Å². The normalized spacial score (nSPS) is 18.8. The first-order valence-electron chi connectivity index (χ1n) is 12.5. The molecule has 3 rings (SSSR count). The minimum Gasteiger partial charge on any atom is -1.00 e. The molecule has 1 saturated carbocycles. The molecule has 36 heavy (non-hydrogen) atoms. The van der Waals surface area contributed by atoms with Gasteiger partial charge in [0.05, 0.1) is 12.1 Å². The predicted molar refractivity (Wildman–Crippen MR) is 140 cm³/mol. The Morgan fingerprint density at radius 1 is 0.694 bits per heavy atom. The largest absolute Gasteiger partial charge is 3.00 e. The van der Waals surface area contributed by atoms with Crippen LogP contribution in [0, 0.1) is 13.8 Å². The van der Waals surface area contributed by atoms with Crippen molar-refractivity contribution in [2.45, 2.75) is 104 Å². The summed E-state index contributed by atoms with van der Waals surface area (Å²) >= 11 is 0. The van der Waals surface area contributed by atoms with Crippen molar-refractivity contribution in [1.29, 1.82) is 0 Å². The molecule has 0 bridgehead atoms. The smallest absolute Gasteiger partial charge is 1.00 e. The van der Waals surface area contributed by atoms with Crippen LogP contribution in [0.25, 0.3) is 0 Å². The van der Waals surface area contributed by atoms with E-state index < -0.39 is 0 Å². The number of aliphatic imine (C=N–C) groups is 2. The van der Waals surface area contributed by atoms with E-state index in [4.69, 9.17) is 9.98 Å². The van der Waals surface area contributed by atoms with Gasteiger partial charge in [0.1, 0.15) is 0 Å². The molecular formula is C30H40ClCoN2O2. The van der Waals surface area contributed by atoms with Gasteiger partial charge < -0.3 is 22.6 Å². The third-order valence-electron chi connectivity index (χ3n) is 6.84. The molecule has 0 saturated heterocycles. The van der Waals surface area contributed by atoms with Gasteiger partial charge in [0, 0.05) is 12.4 Å². The molecule has 0 heterocycles. The fourth-order valence-corrected chi connectivity index (χ4v) is 4.45. The number of rotatable bonds is 4. The van der Waals surface area contributed by atoms with E-state index in [-0.39, 0.29) is 63.6 Å². The molecular weight excluding hydrogens is 515 g/mol. The van der Waals surface area contributed by atoms with E-state index in [0.29, 0.717) is 11.1 Å². The van der Waals surface area contributed by atoms with Crippen LogP contribution >= 0.6 is 0 Å². The zero-order chi connectivity index (χ0) is 25.3. The molecule has 6 heteroatoms. The maximum absolute atomic E-state index is 12.7. The van der Waals surface area contributed by atoms with Crippen LogP contribution in [0.2, 0.25) is 0 Å². The van der Waals surface area contributed by atoms with Crippen LogP contribution in [0.5, 0.6) is 11.5 Å². The molecule has 2 aromatic carbocycles. The van der Waals surface area contributed by atoms with Gasteiger partial charge in [-0.1, -0.05) is 101 Å². The Morgan fingerprint density at radius 2 is 1.03 bits per heavy atom. The van der Waals surface area contributed by atoms with Gasteiger partial charge >= 0.3 is 16.8 Å². The van der Waals surface area contributed by atoms with Crippen molar-refractivity contribution in [3.8, 4) is 11.5 Å². The van der Waals surface area contributed by atoms with E-state index in [1.165, 1.54) is 0 Å². The maximum Gasteiger partial charge on any atom is 3.00 e. The molecule has 1 fully saturated rings. The fraction of sp³-hybridized carbons (Fsp3) is 0.533. The Hall–Kier alpha value is -1.82. The van der Waals surface area contributed by atoms with Gasteiger partial charge in [-0.2, -0.15) is 0 Å². The summed E-state index contributed by atoms with van der Waals surface area (Å²) in [6, 6.07) is 7.97. The fourth-order valence-electron chi connectivity index (χ4n) is 4.45. The number of aryl methyl sites for hydroxylation is 2. The van der Waals surface area contributed by atoms with Crippen molar-refractivity contribution in [3.05, 3.63) is 57.6 Å². The molecule has 0 aliphatic heterocycles. The standard InChI is InChI=1S/C30H42N2O2.ClH.Co/c1-19-13-23(29(3,4)5)15-21(27(19)33)17-31-25-11-9-10-12-26(25)32-18-22-16-24(30(6,7)8)14-20(2)28(22)34;;/h13-18,25-26,33-34H,9-12H2,1-8H3;1H;/q;;+3/p-3/t25-,26-;;/m0../s1. The van der Waals surface area contributed by atoms with Crippen molar-refractivity contribution in [3.63, 3.8) is 0 Å². The molecule has 2 aromatic rings. The summed E-state index contributed by atoms with van der Waals surface area (Å²) in [5.74, 6) is 0.0798. The molecule has 0 unspecified atom stereocenters. The molecule has 0 amide bonds. The van der Waals surface area contributed by atoms with Gasteiger partial charge in [-0.25, -0.2) is 0 Å². The monoisotopic (exact) mass is 554 g/mol. The van der Waals surface area contributed by atoms with E-state index in [0.717, 1.165) is 47.9 Å². The van der Waals surface area contributed by atoms with Crippen LogP contribution in [0.1, 0.15) is 101 Å². The average molecular weight is 555 g/mol. The van der Waals surface area contributed by atoms with Gasteiger partial charge in [-0.3, -0.25) is 9.98 Å². The second-order valence-electron chi connectivity index (χ2n) is 11.9. The predicted octanol–water partition coefficient (Wildman–Crippen LogP) is 2.90. The molecule has 2 atom stereocenters. The summed E-state index contributed by atoms with van der Waals surface area (Å²) in [6.45, 7) is 16.7. The quantitative estimate of drug-likeness (QED) is 0.545.